The number of hydrogen-bond donors (Lipinski definition) is 2. The van der Waals surface area contributed by atoms with Gasteiger partial charge in [-0.1, -0.05) is 13.8 Å². The van der Waals surface area contributed by atoms with Crippen molar-refractivity contribution in [1.82, 2.24) is 24.8 Å². The minimum absolute atomic E-state index is 0.0127. The van der Waals surface area contributed by atoms with Gasteiger partial charge in [0.1, 0.15) is 0 Å². The summed E-state index contributed by atoms with van der Waals surface area (Å²) in [5, 5.41) is 4.66. The predicted molar refractivity (Wildman–Crippen MR) is 78.8 cm³/mol. The highest BCUT2D eigenvalue weighted by molar-refractivity contribution is 5.10. The standard InChI is InChI=1S/C14H24N6/c1-4-12(5-2)20-7-6-11(18-20)8-13(17-15)14-9-19(3)10-16-14/h6-7,9-10,12-13,17H,4-5,8,15H2,1-3H3. The number of nitrogens with one attached hydrogen (secondary N) is 1. The van der Waals surface area contributed by atoms with E-state index in [-0.39, 0.29) is 6.04 Å². The molecule has 0 amide bonds. The summed E-state index contributed by atoms with van der Waals surface area (Å²) in [6.45, 7) is 4.38. The zero-order valence-corrected chi connectivity index (χ0v) is 12.5. The van der Waals surface area contributed by atoms with Crippen LogP contribution in [-0.2, 0) is 13.5 Å². The van der Waals surface area contributed by atoms with E-state index >= 15 is 0 Å². The number of rotatable bonds is 7. The number of nitrogens with zero attached hydrogens (tertiary/aromatic N) is 4. The van der Waals surface area contributed by atoms with Crippen LogP contribution in [0.15, 0.2) is 24.8 Å². The Morgan fingerprint density at radius 2 is 2.10 bits per heavy atom. The molecule has 0 aromatic carbocycles. The molecular formula is C14H24N6. The average molecular weight is 276 g/mol. The van der Waals surface area contributed by atoms with E-state index in [1.165, 1.54) is 0 Å². The zero-order valence-electron chi connectivity index (χ0n) is 12.5. The van der Waals surface area contributed by atoms with Gasteiger partial charge in [0.25, 0.3) is 0 Å². The van der Waals surface area contributed by atoms with Crippen LogP contribution in [0.1, 0.15) is 50.2 Å². The maximum Gasteiger partial charge on any atom is 0.0947 e. The van der Waals surface area contributed by atoms with E-state index < -0.39 is 0 Å². The van der Waals surface area contributed by atoms with Crippen molar-refractivity contribution in [2.75, 3.05) is 0 Å². The molecule has 0 aliphatic carbocycles. The SMILES string of the molecule is CCC(CC)n1ccc(CC(NN)c2cn(C)cn2)n1. The van der Waals surface area contributed by atoms with E-state index in [1.54, 1.807) is 6.33 Å². The third-order valence-electron chi connectivity index (χ3n) is 3.68. The summed E-state index contributed by atoms with van der Waals surface area (Å²) in [7, 11) is 1.95. The van der Waals surface area contributed by atoms with Crippen LogP contribution in [0.25, 0.3) is 0 Å². The molecule has 0 fully saturated rings. The highest BCUT2D eigenvalue weighted by atomic mass is 15.3. The van der Waals surface area contributed by atoms with E-state index in [2.05, 4.69) is 46.3 Å². The number of nitrogens with two attached hydrogens (primary N) is 1. The first-order chi connectivity index (χ1) is 9.67. The van der Waals surface area contributed by atoms with Gasteiger partial charge in [-0.15, -0.1) is 0 Å². The van der Waals surface area contributed by atoms with E-state index in [1.807, 2.05) is 17.8 Å². The molecule has 1 unspecified atom stereocenters. The van der Waals surface area contributed by atoms with E-state index in [4.69, 9.17) is 5.84 Å². The highest BCUT2D eigenvalue weighted by Gasteiger charge is 2.16. The normalized spacial score (nSPS) is 13.1. The second kappa shape index (κ2) is 6.67. The van der Waals surface area contributed by atoms with Crippen molar-refractivity contribution >= 4 is 0 Å². The summed E-state index contributed by atoms with van der Waals surface area (Å²) in [5.41, 5.74) is 4.79. The molecule has 2 rings (SSSR count). The maximum absolute atomic E-state index is 5.65. The fraction of sp³-hybridized carbons (Fsp3) is 0.571. The predicted octanol–water partition coefficient (Wildman–Crippen LogP) is 1.72. The second-order valence-electron chi connectivity index (χ2n) is 5.14. The molecule has 110 valence electrons. The molecule has 2 aromatic heterocycles. The maximum atomic E-state index is 5.65. The summed E-state index contributed by atoms with van der Waals surface area (Å²) >= 11 is 0. The second-order valence-corrected chi connectivity index (χ2v) is 5.14. The van der Waals surface area contributed by atoms with Crippen molar-refractivity contribution in [3.05, 3.63) is 36.2 Å². The lowest BCUT2D eigenvalue weighted by Gasteiger charge is -2.14. The molecule has 0 radical (unpaired) electrons. The number of aromatic nitrogens is 4. The molecule has 0 saturated heterocycles. The molecule has 0 bridgehead atoms. The lowest BCUT2D eigenvalue weighted by atomic mass is 10.1. The Labute approximate surface area is 120 Å². The zero-order chi connectivity index (χ0) is 14.5. The van der Waals surface area contributed by atoms with Gasteiger partial charge < -0.3 is 4.57 Å². The van der Waals surface area contributed by atoms with Gasteiger partial charge in [-0.3, -0.25) is 16.0 Å². The molecule has 0 spiro atoms. The molecule has 2 heterocycles. The summed E-state index contributed by atoms with van der Waals surface area (Å²) in [5.74, 6) is 5.65. The first-order valence-electron chi connectivity index (χ1n) is 7.15. The average Bonchev–Trinajstić information content (AvgIpc) is 3.07. The van der Waals surface area contributed by atoms with Crippen LogP contribution in [0.5, 0.6) is 0 Å². The quantitative estimate of drug-likeness (QED) is 0.596. The minimum Gasteiger partial charge on any atom is -0.340 e. The lowest BCUT2D eigenvalue weighted by molar-refractivity contribution is 0.422. The van der Waals surface area contributed by atoms with Gasteiger partial charge in [0.05, 0.1) is 29.8 Å². The summed E-state index contributed by atoms with van der Waals surface area (Å²) in [4.78, 5) is 4.34. The molecule has 6 heteroatoms. The van der Waals surface area contributed by atoms with Crippen molar-refractivity contribution in [3.63, 3.8) is 0 Å². The van der Waals surface area contributed by atoms with E-state index in [0.717, 1.165) is 30.7 Å². The lowest BCUT2D eigenvalue weighted by Crippen LogP contribution is -2.30. The fourth-order valence-corrected chi connectivity index (χ4v) is 2.42. The van der Waals surface area contributed by atoms with Crippen molar-refractivity contribution < 1.29 is 0 Å². The number of hydrogen-bond acceptors (Lipinski definition) is 4. The van der Waals surface area contributed by atoms with Gasteiger partial charge in [-0.05, 0) is 18.9 Å². The van der Waals surface area contributed by atoms with Gasteiger partial charge in [-0.25, -0.2) is 4.98 Å². The largest absolute Gasteiger partial charge is 0.340 e. The van der Waals surface area contributed by atoms with Crippen LogP contribution in [0.2, 0.25) is 0 Å². The van der Waals surface area contributed by atoms with Crippen LogP contribution in [0.3, 0.4) is 0 Å². The fourth-order valence-electron chi connectivity index (χ4n) is 2.42. The Morgan fingerprint density at radius 1 is 1.35 bits per heavy atom. The Kier molecular flexibility index (Phi) is 4.92. The van der Waals surface area contributed by atoms with Crippen LogP contribution < -0.4 is 11.3 Å². The highest BCUT2D eigenvalue weighted by Crippen LogP contribution is 2.18. The van der Waals surface area contributed by atoms with Gasteiger partial charge in [-0.2, -0.15) is 5.10 Å². The van der Waals surface area contributed by atoms with Gasteiger partial charge >= 0.3 is 0 Å². The summed E-state index contributed by atoms with van der Waals surface area (Å²) in [6, 6.07) is 2.52. The molecule has 6 nitrogen and oxygen atoms in total. The Morgan fingerprint density at radius 3 is 2.65 bits per heavy atom. The molecule has 0 aliphatic heterocycles. The molecule has 0 aliphatic rings. The monoisotopic (exact) mass is 276 g/mol. The first kappa shape index (κ1) is 14.7. The molecule has 1 atom stereocenters. The minimum atomic E-state index is -0.0127. The van der Waals surface area contributed by atoms with Crippen molar-refractivity contribution in [2.24, 2.45) is 12.9 Å². The third kappa shape index (κ3) is 3.26. The molecule has 20 heavy (non-hydrogen) atoms. The molecule has 2 aromatic rings. The van der Waals surface area contributed by atoms with Crippen LogP contribution in [0.4, 0.5) is 0 Å². The molecule has 0 saturated carbocycles. The third-order valence-corrected chi connectivity index (χ3v) is 3.68. The van der Waals surface area contributed by atoms with Crippen LogP contribution >= 0.6 is 0 Å². The van der Waals surface area contributed by atoms with Gasteiger partial charge in [0, 0.05) is 25.9 Å². The Balaban J connectivity index is 2.08. The topological polar surface area (TPSA) is 73.7 Å². The molecular weight excluding hydrogens is 252 g/mol. The number of imidazole rings is 1. The van der Waals surface area contributed by atoms with Gasteiger partial charge in [0.2, 0.25) is 0 Å². The molecule has 3 N–H and O–H groups in total. The van der Waals surface area contributed by atoms with Crippen LogP contribution in [0, 0.1) is 0 Å². The summed E-state index contributed by atoms with van der Waals surface area (Å²) in [6.07, 6.45) is 8.73. The summed E-state index contributed by atoms with van der Waals surface area (Å²) < 4.78 is 3.98. The van der Waals surface area contributed by atoms with Crippen molar-refractivity contribution in [3.8, 4) is 0 Å². The van der Waals surface area contributed by atoms with Crippen molar-refractivity contribution in [2.45, 2.75) is 45.2 Å². The van der Waals surface area contributed by atoms with E-state index in [9.17, 15) is 0 Å². The van der Waals surface area contributed by atoms with E-state index in [0.29, 0.717) is 6.04 Å². The first-order valence-corrected chi connectivity index (χ1v) is 7.15. The number of aryl methyl sites for hydroxylation is 1. The smallest absolute Gasteiger partial charge is 0.0947 e. The number of hydrazine groups is 1. The Hall–Kier alpha value is -1.66. The Bertz CT molecular complexity index is 525. The van der Waals surface area contributed by atoms with Crippen molar-refractivity contribution in [1.29, 1.82) is 0 Å². The van der Waals surface area contributed by atoms with Crippen LogP contribution in [-0.4, -0.2) is 19.3 Å². The van der Waals surface area contributed by atoms with Gasteiger partial charge in [0.15, 0.2) is 0 Å².